The van der Waals surface area contributed by atoms with Gasteiger partial charge in [-0.3, -0.25) is 9.59 Å². The number of methoxy groups -OCH3 is 2. The van der Waals surface area contributed by atoms with Gasteiger partial charge < -0.3 is 18.8 Å². The van der Waals surface area contributed by atoms with Gasteiger partial charge in [-0.05, 0) is 37.6 Å². The summed E-state index contributed by atoms with van der Waals surface area (Å²) in [7, 11) is -0.466. The SMILES string of the molecule is CCOC(=O)Cn1c(=NC(=O)CCCS(=O)(=O)c2ccccc2)sc2c(OC)ccc(OC)c21. The lowest BCUT2D eigenvalue weighted by Gasteiger charge is -2.10. The lowest BCUT2D eigenvalue weighted by molar-refractivity contribution is -0.143. The molecule has 1 heterocycles. The molecular formula is C23H26N2O7S2. The minimum atomic E-state index is -3.49. The van der Waals surface area contributed by atoms with Crippen LogP contribution in [0.1, 0.15) is 19.8 Å². The molecule has 11 heteroatoms. The van der Waals surface area contributed by atoms with E-state index in [-0.39, 0.29) is 41.4 Å². The molecule has 0 aliphatic carbocycles. The minimum absolute atomic E-state index is 0.0615. The van der Waals surface area contributed by atoms with Crippen molar-refractivity contribution in [1.29, 1.82) is 0 Å². The summed E-state index contributed by atoms with van der Waals surface area (Å²) in [6, 6.07) is 11.5. The average Bonchev–Trinajstić information content (AvgIpc) is 3.16. The fourth-order valence-corrected chi connectivity index (χ4v) is 5.83. The molecule has 0 spiro atoms. The molecule has 0 aliphatic heterocycles. The topological polar surface area (TPSA) is 113 Å². The molecule has 0 saturated heterocycles. The van der Waals surface area contributed by atoms with E-state index in [0.717, 1.165) is 0 Å². The molecule has 0 aliphatic rings. The summed E-state index contributed by atoms with van der Waals surface area (Å²) in [5.74, 6) is -0.129. The van der Waals surface area contributed by atoms with Gasteiger partial charge in [-0.1, -0.05) is 29.5 Å². The Bertz CT molecular complexity index is 1340. The van der Waals surface area contributed by atoms with E-state index in [1.807, 2.05) is 0 Å². The maximum Gasteiger partial charge on any atom is 0.326 e. The molecule has 9 nitrogen and oxygen atoms in total. The van der Waals surface area contributed by atoms with Crippen molar-refractivity contribution >= 4 is 43.3 Å². The summed E-state index contributed by atoms with van der Waals surface area (Å²) in [6.07, 6.45) is 0.0585. The second-order valence-corrected chi connectivity index (χ2v) is 10.3. The van der Waals surface area contributed by atoms with E-state index < -0.39 is 21.7 Å². The maximum atomic E-state index is 12.6. The zero-order valence-electron chi connectivity index (χ0n) is 19.1. The van der Waals surface area contributed by atoms with E-state index in [2.05, 4.69) is 4.99 Å². The van der Waals surface area contributed by atoms with E-state index in [4.69, 9.17) is 14.2 Å². The fourth-order valence-electron chi connectivity index (χ4n) is 3.34. The first-order chi connectivity index (χ1) is 16.3. The van der Waals surface area contributed by atoms with E-state index in [1.54, 1.807) is 41.8 Å². The Kier molecular flexibility index (Phi) is 8.46. The zero-order valence-corrected chi connectivity index (χ0v) is 20.8. The van der Waals surface area contributed by atoms with Gasteiger partial charge in [0, 0.05) is 6.42 Å². The Labute approximate surface area is 201 Å². The van der Waals surface area contributed by atoms with Gasteiger partial charge >= 0.3 is 5.97 Å². The molecule has 0 fully saturated rings. The van der Waals surface area contributed by atoms with Gasteiger partial charge in [0.25, 0.3) is 0 Å². The molecule has 0 bridgehead atoms. The third-order valence-electron chi connectivity index (χ3n) is 4.91. The van der Waals surface area contributed by atoms with Crippen LogP contribution in [-0.2, 0) is 30.7 Å². The van der Waals surface area contributed by atoms with Gasteiger partial charge in [0.2, 0.25) is 5.91 Å². The summed E-state index contributed by atoms with van der Waals surface area (Å²) >= 11 is 1.17. The van der Waals surface area contributed by atoms with Crippen LogP contribution >= 0.6 is 11.3 Å². The minimum Gasteiger partial charge on any atom is -0.495 e. The number of hydrogen-bond acceptors (Lipinski definition) is 8. The van der Waals surface area contributed by atoms with Crippen molar-refractivity contribution in [2.45, 2.75) is 31.2 Å². The maximum absolute atomic E-state index is 12.6. The number of sulfone groups is 1. The normalized spacial score (nSPS) is 12.0. The molecule has 34 heavy (non-hydrogen) atoms. The van der Waals surface area contributed by atoms with Gasteiger partial charge in [-0.2, -0.15) is 4.99 Å². The Morgan fingerprint density at radius 2 is 1.71 bits per heavy atom. The number of nitrogens with zero attached hydrogens (tertiary/aromatic N) is 2. The molecule has 0 unspecified atom stereocenters. The third kappa shape index (κ3) is 5.84. The zero-order chi connectivity index (χ0) is 24.7. The highest BCUT2D eigenvalue weighted by molar-refractivity contribution is 7.91. The highest BCUT2D eigenvalue weighted by Gasteiger charge is 2.19. The quantitative estimate of drug-likeness (QED) is 0.389. The fraction of sp³-hybridized carbons (Fsp3) is 0.348. The van der Waals surface area contributed by atoms with Crippen LogP contribution in [0.2, 0.25) is 0 Å². The molecular weight excluding hydrogens is 480 g/mol. The largest absolute Gasteiger partial charge is 0.495 e. The summed E-state index contributed by atoms with van der Waals surface area (Å²) in [4.78, 5) is 29.6. The summed E-state index contributed by atoms with van der Waals surface area (Å²) < 4.78 is 43.1. The van der Waals surface area contributed by atoms with E-state index in [1.165, 1.54) is 37.7 Å². The summed E-state index contributed by atoms with van der Waals surface area (Å²) in [5.41, 5.74) is 0.554. The molecule has 0 saturated carbocycles. The van der Waals surface area contributed by atoms with Crippen molar-refractivity contribution in [2.75, 3.05) is 26.6 Å². The van der Waals surface area contributed by atoms with E-state index in [0.29, 0.717) is 21.7 Å². The van der Waals surface area contributed by atoms with Crippen LogP contribution in [0.25, 0.3) is 10.2 Å². The molecule has 182 valence electrons. The lowest BCUT2D eigenvalue weighted by atomic mass is 10.3. The van der Waals surface area contributed by atoms with E-state index in [9.17, 15) is 18.0 Å². The Morgan fingerprint density at radius 1 is 1.03 bits per heavy atom. The number of esters is 1. The van der Waals surface area contributed by atoms with Gasteiger partial charge in [0.1, 0.15) is 28.3 Å². The van der Waals surface area contributed by atoms with Crippen LogP contribution in [0.15, 0.2) is 52.4 Å². The van der Waals surface area contributed by atoms with Crippen LogP contribution in [0.3, 0.4) is 0 Å². The number of carbonyl (C=O) groups excluding carboxylic acids is 2. The number of hydrogen-bond donors (Lipinski definition) is 0. The Balaban J connectivity index is 1.91. The van der Waals surface area contributed by atoms with Crippen molar-refractivity contribution in [2.24, 2.45) is 4.99 Å². The predicted octanol–water partition coefficient (Wildman–Crippen LogP) is 2.96. The molecule has 0 N–H and O–H groups in total. The molecule has 2 aromatic carbocycles. The summed E-state index contributed by atoms with van der Waals surface area (Å²) in [5, 5.41) is 0. The third-order valence-corrected chi connectivity index (χ3v) is 7.82. The van der Waals surface area contributed by atoms with Crippen molar-refractivity contribution in [1.82, 2.24) is 4.57 Å². The number of aromatic nitrogens is 1. The predicted molar refractivity (Wildman–Crippen MR) is 128 cm³/mol. The van der Waals surface area contributed by atoms with Crippen molar-refractivity contribution in [3.63, 3.8) is 0 Å². The second-order valence-electron chi connectivity index (χ2n) is 7.16. The van der Waals surface area contributed by atoms with Crippen LogP contribution in [-0.4, -0.2) is 51.4 Å². The van der Waals surface area contributed by atoms with Crippen LogP contribution in [0.5, 0.6) is 11.5 Å². The number of ether oxygens (including phenoxy) is 3. The number of thiazole rings is 1. The molecule has 3 rings (SSSR count). The van der Waals surface area contributed by atoms with Crippen molar-refractivity contribution in [3.8, 4) is 11.5 Å². The number of amides is 1. The Hall–Kier alpha value is -3.18. The van der Waals surface area contributed by atoms with Gasteiger partial charge in [0.15, 0.2) is 14.6 Å². The first-order valence-corrected chi connectivity index (χ1v) is 13.0. The average molecular weight is 507 g/mol. The number of fused-ring (bicyclic) bond motifs is 1. The second kappa shape index (κ2) is 11.3. The van der Waals surface area contributed by atoms with Crippen LogP contribution in [0, 0.1) is 0 Å². The summed E-state index contributed by atoms with van der Waals surface area (Å²) in [6.45, 7) is 1.74. The molecule has 0 radical (unpaired) electrons. The highest BCUT2D eigenvalue weighted by Crippen LogP contribution is 2.35. The van der Waals surface area contributed by atoms with Gasteiger partial charge in [0.05, 0.1) is 31.5 Å². The standard InChI is InChI=1S/C23H26N2O7S2/c1-4-32-20(27)15-25-21-17(30-2)12-13-18(31-3)22(21)33-23(25)24-19(26)11-8-14-34(28,29)16-9-6-5-7-10-16/h5-7,9-10,12-13H,4,8,11,14-15H2,1-3H3. The van der Waals surface area contributed by atoms with Crippen LogP contribution < -0.4 is 14.3 Å². The highest BCUT2D eigenvalue weighted by atomic mass is 32.2. The smallest absolute Gasteiger partial charge is 0.326 e. The molecule has 1 amide bonds. The Morgan fingerprint density at radius 3 is 2.35 bits per heavy atom. The number of rotatable bonds is 10. The molecule has 0 atom stereocenters. The first kappa shape index (κ1) is 25.4. The number of carbonyl (C=O) groups is 2. The number of benzene rings is 2. The lowest BCUT2D eigenvalue weighted by Crippen LogP contribution is -2.23. The van der Waals surface area contributed by atoms with Crippen LogP contribution in [0.4, 0.5) is 0 Å². The molecule has 3 aromatic rings. The van der Waals surface area contributed by atoms with Crippen molar-refractivity contribution in [3.05, 3.63) is 47.3 Å². The molecule has 1 aromatic heterocycles. The van der Waals surface area contributed by atoms with Crippen molar-refractivity contribution < 1.29 is 32.2 Å². The van der Waals surface area contributed by atoms with Gasteiger partial charge in [-0.15, -0.1) is 0 Å². The monoisotopic (exact) mass is 506 g/mol. The van der Waals surface area contributed by atoms with Gasteiger partial charge in [-0.25, -0.2) is 8.42 Å². The first-order valence-electron chi connectivity index (χ1n) is 10.6. The van der Waals surface area contributed by atoms with E-state index >= 15 is 0 Å².